The highest BCUT2D eigenvalue weighted by Crippen LogP contribution is 2.20. The maximum atomic E-state index is 12.3. The van der Waals surface area contributed by atoms with Gasteiger partial charge in [0.25, 0.3) is 0 Å². The summed E-state index contributed by atoms with van der Waals surface area (Å²) < 4.78 is 0. The van der Waals surface area contributed by atoms with E-state index < -0.39 is 5.97 Å². The van der Waals surface area contributed by atoms with Crippen LogP contribution in [-0.4, -0.2) is 41.5 Å². The van der Waals surface area contributed by atoms with Crippen LogP contribution < -0.4 is 5.32 Å². The van der Waals surface area contributed by atoms with E-state index in [2.05, 4.69) is 19.2 Å². The van der Waals surface area contributed by atoms with Gasteiger partial charge in [-0.1, -0.05) is 51.1 Å². The summed E-state index contributed by atoms with van der Waals surface area (Å²) in [5.74, 6) is -0.589. The highest BCUT2D eigenvalue weighted by molar-refractivity contribution is 5.79. The minimum Gasteiger partial charge on any atom is -0.480 e. The summed E-state index contributed by atoms with van der Waals surface area (Å²) in [5.41, 5.74) is 1.08. The second-order valence-electron chi connectivity index (χ2n) is 6.26. The highest BCUT2D eigenvalue weighted by atomic mass is 16.4. The first-order valence-electron chi connectivity index (χ1n) is 8.20. The average molecular weight is 320 g/mol. The lowest BCUT2D eigenvalue weighted by Crippen LogP contribution is -2.41. The van der Waals surface area contributed by atoms with E-state index in [1.54, 1.807) is 4.90 Å². The van der Waals surface area contributed by atoms with E-state index in [0.717, 1.165) is 18.4 Å². The maximum Gasteiger partial charge on any atom is 0.317 e. The molecule has 0 fully saturated rings. The van der Waals surface area contributed by atoms with Crippen molar-refractivity contribution in [1.82, 2.24) is 10.2 Å². The van der Waals surface area contributed by atoms with Crippen molar-refractivity contribution in [2.24, 2.45) is 5.92 Å². The normalized spacial score (nSPS) is 12.4. The van der Waals surface area contributed by atoms with Crippen LogP contribution >= 0.6 is 0 Å². The summed E-state index contributed by atoms with van der Waals surface area (Å²) >= 11 is 0. The Kier molecular flexibility index (Phi) is 8.33. The smallest absolute Gasteiger partial charge is 0.317 e. The Morgan fingerprint density at radius 3 is 2.35 bits per heavy atom. The van der Waals surface area contributed by atoms with Crippen LogP contribution in [0.5, 0.6) is 0 Å². The molecular weight excluding hydrogens is 292 g/mol. The van der Waals surface area contributed by atoms with Gasteiger partial charge < -0.3 is 10.4 Å². The topological polar surface area (TPSA) is 69.6 Å². The Morgan fingerprint density at radius 2 is 1.83 bits per heavy atom. The number of hydrogen-bond donors (Lipinski definition) is 2. The van der Waals surface area contributed by atoms with E-state index in [-0.39, 0.29) is 25.0 Å². The SMILES string of the molecule is CCCN(CC(=O)O)CC(=O)NC(CC(C)C)c1ccccc1. The molecule has 1 aromatic carbocycles. The number of carbonyl (C=O) groups excluding carboxylic acids is 1. The molecule has 5 heteroatoms. The predicted octanol–water partition coefficient (Wildman–Crippen LogP) is 2.69. The third kappa shape index (κ3) is 7.79. The number of carbonyl (C=O) groups is 2. The van der Waals surface area contributed by atoms with Gasteiger partial charge in [-0.25, -0.2) is 0 Å². The first-order valence-corrected chi connectivity index (χ1v) is 8.20. The van der Waals surface area contributed by atoms with Crippen molar-refractivity contribution in [3.05, 3.63) is 35.9 Å². The van der Waals surface area contributed by atoms with E-state index in [9.17, 15) is 9.59 Å². The molecule has 0 aliphatic carbocycles. The standard InChI is InChI=1S/C18H28N2O3/c1-4-10-20(13-18(22)23)12-17(21)19-16(11-14(2)3)15-8-6-5-7-9-15/h5-9,14,16H,4,10-13H2,1-3H3,(H,19,21)(H,22,23). The van der Waals surface area contributed by atoms with Crippen LogP contribution in [0.4, 0.5) is 0 Å². The van der Waals surface area contributed by atoms with Gasteiger partial charge in [0.2, 0.25) is 5.91 Å². The zero-order chi connectivity index (χ0) is 17.2. The summed E-state index contributed by atoms with van der Waals surface area (Å²) in [4.78, 5) is 24.9. The fourth-order valence-electron chi connectivity index (χ4n) is 2.60. The minimum atomic E-state index is -0.909. The van der Waals surface area contributed by atoms with Crippen LogP contribution in [0, 0.1) is 5.92 Å². The van der Waals surface area contributed by atoms with Gasteiger partial charge in [-0.05, 0) is 30.9 Å². The molecule has 1 atom stereocenters. The third-order valence-corrected chi connectivity index (χ3v) is 3.51. The van der Waals surface area contributed by atoms with Gasteiger partial charge in [-0.3, -0.25) is 14.5 Å². The molecule has 1 amide bonds. The Bertz CT molecular complexity index is 488. The van der Waals surface area contributed by atoms with E-state index in [4.69, 9.17) is 5.11 Å². The molecule has 0 saturated heterocycles. The Morgan fingerprint density at radius 1 is 1.17 bits per heavy atom. The Balaban J connectivity index is 2.70. The molecule has 5 nitrogen and oxygen atoms in total. The van der Waals surface area contributed by atoms with Crippen LogP contribution in [0.2, 0.25) is 0 Å². The molecule has 0 aliphatic rings. The molecule has 0 heterocycles. The molecule has 128 valence electrons. The fourth-order valence-corrected chi connectivity index (χ4v) is 2.60. The summed E-state index contributed by atoms with van der Waals surface area (Å²) in [6.45, 7) is 6.81. The third-order valence-electron chi connectivity index (χ3n) is 3.51. The van der Waals surface area contributed by atoms with Crippen molar-refractivity contribution in [3.8, 4) is 0 Å². The lowest BCUT2D eigenvalue weighted by Gasteiger charge is -2.24. The lowest BCUT2D eigenvalue weighted by atomic mass is 9.97. The molecule has 2 N–H and O–H groups in total. The van der Waals surface area contributed by atoms with Crippen molar-refractivity contribution in [3.63, 3.8) is 0 Å². The van der Waals surface area contributed by atoms with Crippen molar-refractivity contribution in [2.45, 2.75) is 39.7 Å². The lowest BCUT2D eigenvalue weighted by molar-refractivity contribution is -0.138. The molecule has 0 aliphatic heterocycles. The first kappa shape index (κ1) is 19.2. The molecule has 0 saturated carbocycles. The van der Waals surface area contributed by atoms with E-state index in [1.807, 2.05) is 37.3 Å². The van der Waals surface area contributed by atoms with E-state index in [0.29, 0.717) is 12.5 Å². The molecule has 1 unspecified atom stereocenters. The highest BCUT2D eigenvalue weighted by Gasteiger charge is 2.18. The number of nitrogens with one attached hydrogen (secondary N) is 1. The Labute approximate surface area is 138 Å². The quantitative estimate of drug-likeness (QED) is 0.695. The molecule has 0 spiro atoms. The summed E-state index contributed by atoms with van der Waals surface area (Å²) in [5, 5.41) is 12.0. The van der Waals surface area contributed by atoms with E-state index in [1.165, 1.54) is 0 Å². The van der Waals surface area contributed by atoms with E-state index >= 15 is 0 Å². The number of nitrogens with zero attached hydrogens (tertiary/aromatic N) is 1. The molecule has 0 radical (unpaired) electrons. The second kappa shape index (κ2) is 10.0. The number of aliphatic carboxylic acids is 1. The van der Waals surface area contributed by atoms with Gasteiger partial charge in [0.1, 0.15) is 0 Å². The molecule has 0 aromatic heterocycles. The van der Waals surface area contributed by atoms with Crippen LogP contribution in [0.15, 0.2) is 30.3 Å². The van der Waals surface area contributed by atoms with Crippen LogP contribution in [0.3, 0.4) is 0 Å². The van der Waals surface area contributed by atoms with Crippen molar-refractivity contribution in [2.75, 3.05) is 19.6 Å². The van der Waals surface area contributed by atoms with Crippen LogP contribution in [0.1, 0.15) is 45.2 Å². The van der Waals surface area contributed by atoms with Crippen molar-refractivity contribution >= 4 is 11.9 Å². The van der Waals surface area contributed by atoms with Crippen LogP contribution in [-0.2, 0) is 9.59 Å². The number of benzene rings is 1. The largest absolute Gasteiger partial charge is 0.480 e. The molecule has 1 rings (SSSR count). The summed E-state index contributed by atoms with van der Waals surface area (Å²) in [6.07, 6.45) is 1.66. The second-order valence-corrected chi connectivity index (χ2v) is 6.26. The average Bonchev–Trinajstić information content (AvgIpc) is 2.46. The first-order chi connectivity index (χ1) is 10.9. The number of hydrogen-bond acceptors (Lipinski definition) is 3. The minimum absolute atomic E-state index is 0.0444. The molecular formula is C18H28N2O3. The number of carboxylic acid groups (broad SMARTS) is 1. The van der Waals surface area contributed by atoms with Crippen molar-refractivity contribution < 1.29 is 14.7 Å². The van der Waals surface area contributed by atoms with Crippen LogP contribution in [0.25, 0.3) is 0 Å². The predicted molar refractivity (Wildman–Crippen MR) is 91.1 cm³/mol. The van der Waals surface area contributed by atoms with Gasteiger partial charge >= 0.3 is 5.97 Å². The van der Waals surface area contributed by atoms with Gasteiger partial charge in [0, 0.05) is 0 Å². The number of carboxylic acids is 1. The van der Waals surface area contributed by atoms with Gasteiger partial charge in [-0.15, -0.1) is 0 Å². The maximum absolute atomic E-state index is 12.3. The molecule has 1 aromatic rings. The summed E-state index contributed by atoms with van der Waals surface area (Å²) in [6, 6.07) is 9.85. The molecule has 0 bridgehead atoms. The summed E-state index contributed by atoms with van der Waals surface area (Å²) in [7, 11) is 0. The zero-order valence-electron chi connectivity index (χ0n) is 14.3. The van der Waals surface area contributed by atoms with Gasteiger partial charge in [0.05, 0.1) is 19.1 Å². The van der Waals surface area contributed by atoms with Gasteiger partial charge in [-0.2, -0.15) is 0 Å². The zero-order valence-corrected chi connectivity index (χ0v) is 14.3. The molecule has 23 heavy (non-hydrogen) atoms. The van der Waals surface area contributed by atoms with Gasteiger partial charge in [0.15, 0.2) is 0 Å². The number of amides is 1. The monoisotopic (exact) mass is 320 g/mol. The number of rotatable bonds is 10. The van der Waals surface area contributed by atoms with Crippen molar-refractivity contribution in [1.29, 1.82) is 0 Å². The Hall–Kier alpha value is -1.88. The fraction of sp³-hybridized carbons (Fsp3) is 0.556.